The fourth-order valence-corrected chi connectivity index (χ4v) is 2.24. The molecule has 0 spiro atoms. The van der Waals surface area contributed by atoms with E-state index >= 15 is 0 Å². The first-order chi connectivity index (χ1) is 9.16. The predicted octanol–water partition coefficient (Wildman–Crippen LogP) is 1.66. The summed E-state index contributed by atoms with van der Waals surface area (Å²) >= 11 is 0. The Morgan fingerprint density at radius 3 is 2.55 bits per heavy atom. The first-order valence-electron chi connectivity index (χ1n) is 5.41. The molecule has 9 heteroatoms. The Balaban J connectivity index is 3.13. The topological polar surface area (TPSA) is 72.5 Å². The van der Waals surface area contributed by atoms with Gasteiger partial charge in [-0.15, -0.1) is 0 Å². The van der Waals surface area contributed by atoms with Gasteiger partial charge in [-0.3, -0.25) is 4.79 Å². The van der Waals surface area contributed by atoms with Gasteiger partial charge in [-0.1, -0.05) is 0 Å². The molecule has 112 valence electrons. The van der Waals surface area contributed by atoms with E-state index in [1.807, 2.05) is 0 Å². The number of amides is 1. The Hall–Kier alpha value is -1.25. The molecule has 0 saturated heterocycles. The third-order valence-corrected chi connectivity index (χ3v) is 3.78. The van der Waals surface area contributed by atoms with E-state index in [1.165, 1.54) is 7.11 Å². The summed E-state index contributed by atoms with van der Waals surface area (Å²) in [5.41, 5.74) is -0.743. The Labute approximate surface area is 119 Å². The lowest BCUT2D eigenvalue weighted by Gasteiger charge is -2.12. The number of methoxy groups -OCH3 is 1. The maximum atomic E-state index is 13.9. The van der Waals surface area contributed by atoms with Crippen LogP contribution in [0, 0.1) is 11.6 Å². The highest BCUT2D eigenvalue weighted by Gasteiger charge is 2.24. The van der Waals surface area contributed by atoms with Gasteiger partial charge in [0.05, 0.1) is 11.7 Å². The van der Waals surface area contributed by atoms with Gasteiger partial charge >= 0.3 is 0 Å². The average Bonchev–Trinajstić information content (AvgIpc) is 2.36. The van der Waals surface area contributed by atoms with Crippen molar-refractivity contribution >= 4 is 25.6 Å². The van der Waals surface area contributed by atoms with Crippen molar-refractivity contribution in [3.8, 4) is 0 Å². The van der Waals surface area contributed by atoms with Crippen molar-refractivity contribution in [2.45, 2.75) is 17.9 Å². The highest BCUT2D eigenvalue weighted by molar-refractivity contribution is 8.13. The molecule has 1 N–H and O–H groups in total. The Morgan fingerprint density at radius 2 is 2.05 bits per heavy atom. The molecular weight excluding hydrogens is 316 g/mol. The molecule has 0 radical (unpaired) electrons. The van der Waals surface area contributed by atoms with Crippen molar-refractivity contribution in [1.29, 1.82) is 0 Å². The molecule has 0 aromatic heterocycles. The zero-order valence-electron chi connectivity index (χ0n) is 10.6. The Kier molecular flexibility index (Phi) is 5.43. The molecule has 1 aromatic carbocycles. The lowest BCUT2D eigenvalue weighted by atomic mass is 10.2. The Bertz CT molecular complexity index is 621. The van der Waals surface area contributed by atoms with Gasteiger partial charge in [0, 0.05) is 24.3 Å². The van der Waals surface area contributed by atoms with Gasteiger partial charge in [0.15, 0.2) is 5.82 Å². The van der Waals surface area contributed by atoms with Crippen molar-refractivity contribution < 1.29 is 26.7 Å². The molecule has 0 fully saturated rings. The van der Waals surface area contributed by atoms with Crippen LogP contribution in [0.1, 0.15) is 17.3 Å². The van der Waals surface area contributed by atoms with Crippen molar-refractivity contribution in [2.24, 2.45) is 0 Å². The van der Waals surface area contributed by atoms with Gasteiger partial charge in [0.1, 0.15) is 10.7 Å². The molecule has 1 unspecified atom stereocenters. The first kappa shape index (κ1) is 16.8. The van der Waals surface area contributed by atoms with Crippen LogP contribution >= 0.6 is 10.7 Å². The molecule has 1 aromatic rings. The van der Waals surface area contributed by atoms with E-state index in [-0.39, 0.29) is 12.6 Å². The number of hydrogen-bond acceptors (Lipinski definition) is 4. The number of carbonyl (C=O) groups excluding carboxylic acids is 1. The first-order valence-corrected chi connectivity index (χ1v) is 7.72. The molecule has 0 aliphatic carbocycles. The number of hydrogen-bond donors (Lipinski definition) is 1. The minimum absolute atomic E-state index is 0.0498. The smallest absolute Gasteiger partial charge is 0.264 e. The van der Waals surface area contributed by atoms with Crippen LogP contribution in [0.4, 0.5) is 8.78 Å². The molecule has 0 aliphatic heterocycles. The van der Waals surface area contributed by atoms with Crippen LogP contribution < -0.4 is 5.32 Å². The largest absolute Gasteiger partial charge is 0.380 e. The number of halogens is 3. The van der Waals surface area contributed by atoms with Crippen molar-refractivity contribution in [3.05, 3.63) is 29.3 Å². The number of benzene rings is 1. The highest BCUT2D eigenvalue weighted by Crippen LogP contribution is 2.23. The van der Waals surface area contributed by atoms with Crippen LogP contribution in [0.25, 0.3) is 0 Å². The number of rotatable bonds is 5. The van der Waals surface area contributed by atoms with Gasteiger partial charge in [-0.05, 0) is 19.1 Å². The molecule has 0 saturated carbocycles. The van der Waals surface area contributed by atoms with Gasteiger partial charge in [0.25, 0.3) is 15.0 Å². The lowest BCUT2D eigenvalue weighted by Crippen LogP contribution is -2.32. The fourth-order valence-electron chi connectivity index (χ4n) is 1.32. The SMILES string of the molecule is COC(C)CNC(=O)c1cc(F)cc(S(=O)(=O)Cl)c1F. The van der Waals surface area contributed by atoms with Gasteiger partial charge in [0.2, 0.25) is 0 Å². The molecule has 1 atom stereocenters. The summed E-state index contributed by atoms with van der Waals surface area (Å²) in [6, 6.07) is 1.000. The molecule has 20 heavy (non-hydrogen) atoms. The monoisotopic (exact) mass is 327 g/mol. The minimum atomic E-state index is -4.50. The molecule has 1 amide bonds. The van der Waals surface area contributed by atoms with E-state index < -0.39 is 37.1 Å². The zero-order valence-corrected chi connectivity index (χ0v) is 12.2. The van der Waals surface area contributed by atoms with Crippen LogP contribution in [-0.4, -0.2) is 34.1 Å². The van der Waals surface area contributed by atoms with E-state index in [9.17, 15) is 22.0 Å². The van der Waals surface area contributed by atoms with E-state index in [0.29, 0.717) is 12.1 Å². The van der Waals surface area contributed by atoms with Crippen LogP contribution in [-0.2, 0) is 13.8 Å². The van der Waals surface area contributed by atoms with Crippen molar-refractivity contribution in [2.75, 3.05) is 13.7 Å². The normalized spacial score (nSPS) is 13.1. The summed E-state index contributed by atoms with van der Waals surface area (Å²) in [5.74, 6) is -3.45. The van der Waals surface area contributed by atoms with E-state index in [0.717, 1.165) is 0 Å². The average molecular weight is 328 g/mol. The second kappa shape index (κ2) is 6.47. The van der Waals surface area contributed by atoms with Crippen LogP contribution in [0.15, 0.2) is 17.0 Å². The van der Waals surface area contributed by atoms with Crippen LogP contribution in [0.5, 0.6) is 0 Å². The van der Waals surface area contributed by atoms with Crippen LogP contribution in [0.3, 0.4) is 0 Å². The van der Waals surface area contributed by atoms with E-state index in [1.54, 1.807) is 6.92 Å². The Morgan fingerprint density at radius 1 is 1.45 bits per heavy atom. The summed E-state index contributed by atoms with van der Waals surface area (Å²) < 4.78 is 54.2. The summed E-state index contributed by atoms with van der Waals surface area (Å²) in [7, 11) is 1.90. The van der Waals surface area contributed by atoms with E-state index in [4.69, 9.17) is 15.4 Å². The molecule has 0 bridgehead atoms. The number of ether oxygens (including phenoxy) is 1. The maximum Gasteiger partial charge on any atom is 0.264 e. The second-order valence-electron chi connectivity index (χ2n) is 3.96. The predicted molar refractivity (Wildman–Crippen MR) is 68.2 cm³/mol. The van der Waals surface area contributed by atoms with Gasteiger partial charge < -0.3 is 10.1 Å². The highest BCUT2D eigenvalue weighted by atomic mass is 35.7. The lowest BCUT2D eigenvalue weighted by molar-refractivity contribution is 0.0866. The van der Waals surface area contributed by atoms with Gasteiger partial charge in [-0.25, -0.2) is 17.2 Å². The summed E-state index contributed by atoms with van der Waals surface area (Å²) in [4.78, 5) is 10.6. The maximum absolute atomic E-state index is 13.9. The van der Waals surface area contributed by atoms with E-state index in [2.05, 4.69) is 5.32 Å². The summed E-state index contributed by atoms with van der Waals surface area (Å²) in [5, 5.41) is 2.29. The standard InChI is InChI=1S/C11H12ClF2NO4S/c1-6(19-2)5-15-11(16)8-3-7(13)4-9(10(8)14)20(12,17)18/h3-4,6H,5H2,1-2H3,(H,15,16). The number of carbonyl (C=O) groups is 1. The zero-order chi connectivity index (χ0) is 15.5. The molecule has 0 aliphatic rings. The fraction of sp³-hybridized carbons (Fsp3) is 0.364. The molecule has 0 heterocycles. The second-order valence-corrected chi connectivity index (χ2v) is 6.49. The summed E-state index contributed by atoms with van der Waals surface area (Å²) in [6.07, 6.45) is -0.341. The third-order valence-electron chi connectivity index (χ3n) is 2.46. The molecule has 1 rings (SSSR count). The number of nitrogens with one attached hydrogen (secondary N) is 1. The van der Waals surface area contributed by atoms with Gasteiger partial charge in [-0.2, -0.15) is 0 Å². The molecule has 5 nitrogen and oxygen atoms in total. The third kappa shape index (κ3) is 4.12. The minimum Gasteiger partial charge on any atom is -0.380 e. The summed E-state index contributed by atoms with van der Waals surface area (Å²) in [6.45, 7) is 1.70. The van der Waals surface area contributed by atoms with Crippen LogP contribution in [0.2, 0.25) is 0 Å². The van der Waals surface area contributed by atoms with Crippen molar-refractivity contribution in [3.63, 3.8) is 0 Å². The molecular formula is C11H12ClF2NO4S. The quantitative estimate of drug-likeness (QED) is 0.835. The van der Waals surface area contributed by atoms with Crippen molar-refractivity contribution in [1.82, 2.24) is 5.32 Å².